The van der Waals surface area contributed by atoms with E-state index < -0.39 is 123 Å². The Morgan fingerprint density at radius 2 is 1.39 bits per heavy atom. The highest BCUT2D eigenvalue weighted by Gasteiger charge is 2.72. The average Bonchev–Trinajstić information content (AvgIpc) is 3.70. The van der Waals surface area contributed by atoms with Gasteiger partial charge >= 0.3 is 0 Å². The second kappa shape index (κ2) is 17.3. The van der Waals surface area contributed by atoms with Crippen LogP contribution >= 0.6 is 0 Å². The van der Waals surface area contributed by atoms with Gasteiger partial charge in [0, 0.05) is 30.1 Å². The molecule has 5 aliphatic heterocycles. The monoisotopic (exact) mass is 886 g/mol. The number of ether oxygens (including phenoxy) is 8. The van der Waals surface area contributed by atoms with Crippen molar-refractivity contribution in [2.75, 3.05) is 26.4 Å². The molecule has 0 unspecified atom stereocenters. The zero-order valence-electron chi connectivity index (χ0n) is 36.2. The van der Waals surface area contributed by atoms with Crippen molar-refractivity contribution < 1.29 is 88.6 Å². The Balaban J connectivity index is 0.929. The van der Waals surface area contributed by atoms with Crippen molar-refractivity contribution in [3.63, 3.8) is 0 Å². The second-order valence-electron chi connectivity index (χ2n) is 20.9. The van der Waals surface area contributed by atoms with Crippen LogP contribution in [0.25, 0.3) is 0 Å². The van der Waals surface area contributed by atoms with E-state index in [0.717, 1.165) is 38.5 Å². The summed E-state index contributed by atoms with van der Waals surface area (Å²) in [6, 6.07) is 0. The smallest absolute Gasteiger partial charge is 0.187 e. The van der Waals surface area contributed by atoms with Crippen LogP contribution in [0.5, 0.6) is 0 Å². The van der Waals surface area contributed by atoms with Crippen molar-refractivity contribution in [2.45, 2.75) is 189 Å². The molecule has 0 aromatic rings. The van der Waals surface area contributed by atoms with E-state index in [1.54, 1.807) is 0 Å². The van der Waals surface area contributed by atoms with Crippen LogP contribution in [0.3, 0.4) is 0 Å². The van der Waals surface area contributed by atoms with Gasteiger partial charge in [-0.25, -0.2) is 0 Å². The Hall–Kier alpha value is -1.01. The fourth-order valence-corrected chi connectivity index (χ4v) is 14.1. The first kappa shape index (κ1) is 46.1. The Labute approximate surface area is 362 Å². The van der Waals surface area contributed by atoms with Gasteiger partial charge in [-0.15, -0.1) is 0 Å². The SMILES string of the molecule is C[C@@H]1CC[C@@]2(OC1)O[C@H]1C[C@H]3[C@@H]4CC[C@@H]5C[C@@H](O[C@@H]6O[C@H](CO)[C@@H](O)[C@H](O[C@@H]7OC[C@@H](O)[C@H](O)[C@H]7O)[C@H]6O[C@@H]6O[C@H](CO)[C@@H](O)[C@H](O)[C@H]6O)CC[C@]5(C)[C@H]4CC(=O)[C@]3(C)[C@H]1[C@@H]2C. The quantitative estimate of drug-likeness (QED) is 0.133. The van der Waals surface area contributed by atoms with E-state index >= 15 is 0 Å². The molecule has 62 heavy (non-hydrogen) atoms. The van der Waals surface area contributed by atoms with E-state index in [1.807, 2.05) is 0 Å². The number of carbonyl (C=O) groups excluding carboxylic acids is 1. The molecule has 9 fully saturated rings. The lowest BCUT2D eigenvalue weighted by atomic mass is 9.44. The van der Waals surface area contributed by atoms with E-state index in [0.29, 0.717) is 43.5 Å². The van der Waals surface area contributed by atoms with Gasteiger partial charge in [-0.2, -0.15) is 0 Å². The fraction of sp³-hybridized carbons (Fsp3) is 0.977. The third kappa shape index (κ3) is 7.38. The van der Waals surface area contributed by atoms with Crippen molar-refractivity contribution in [3.8, 4) is 0 Å². The Kier molecular flexibility index (Phi) is 12.8. The molecule has 0 amide bonds. The first-order chi connectivity index (χ1) is 29.4. The van der Waals surface area contributed by atoms with Crippen LogP contribution in [0.1, 0.15) is 85.5 Å². The van der Waals surface area contributed by atoms with E-state index in [4.69, 9.17) is 37.9 Å². The molecule has 354 valence electrons. The van der Waals surface area contributed by atoms with Crippen LogP contribution in [0.15, 0.2) is 0 Å². The zero-order valence-corrected chi connectivity index (χ0v) is 36.2. The molecule has 0 aromatic heterocycles. The molecule has 4 aliphatic carbocycles. The van der Waals surface area contributed by atoms with Gasteiger partial charge in [0.2, 0.25) is 0 Å². The standard InChI is InChI=1S/C44H70O18/c1-18-7-10-44(56-16-18)19(2)30-26(62-44)12-24-22-6-5-20-11-21(8-9-42(20,3)23(22)13-29(48)43(24,30)4)57-41-38(61-40-36(54)34(52)32(50)27(14-45)58-40)37(33(51)28(15-46)59-41)60-39-35(53)31(49)25(47)17-55-39/h18-28,30-41,45-47,49-54H,5-17H2,1-4H3/t18-,19+,20-,21+,22-,23+,24+,25-,26+,27-,28-,30+,31+,32-,33-,34+,35-,36-,37+,38-,39+,40+,41-,42+,43-,44-/m1/s1. The molecule has 18 nitrogen and oxygen atoms in total. The predicted molar refractivity (Wildman–Crippen MR) is 210 cm³/mol. The molecule has 9 aliphatic rings. The van der Waals surface area contributed by atoms with Crippen molar-refractivity contribution in [3.05, 3.63) is 0 Å². The van der Waals surface area contributed by atoms with E-state index in [1.165, 1.54) is 0 Å². The van der Waals surface area contributed by atoms with Crippen molar-refractivity contribution in [1.82, 2.24) is 0 Å². The lowest BCUT2D eigenvalue weighted by Gasteiger charge is -2.61. The average molecular weight is 887 g/mol. The molecule has 9 rings (SSSR count). The number of aliphatic hydroxyl groups excluding tert-OH is 9. The largest absolute Gasteiger partial charge is 0.394 e. The van der Waals surface area contributed by atoms with Crippen LogP contribution in [0.2, 0.25) is 0 Å². The molecule has 1 spiro atoms. The maximum absolute atomic E-state index is 14.7. The van der Waals surface area contributed by atoms with Gasteiger partial charge in [-0.3, -0.25) is 4.79 Å². The minimum absolute atomic E-state index is 0.00178. The minimum atomic E-state index is -1.85. The molecular weight excluding hydrogens is 816 g/mol. The van der Waals surface area contributed by atoms with Gasteiger partial charge in [0.1, 0.15) is 72.9 Å². The molecular formula is C44H70O18. The fourth-order valence-electron chi connectivity index (χ4n) is 14.1. The number of hydrogen-bond acceptors (Lipinski definition) is 18. The number of rotatable bonds is 8. The molecule has 9 N–H and O–H groups in total. The summed E-state index contributed by atoms with van der Waals surface area (Å²) in [6.45, 7) is 7.84. The van der Waals surface area contributed by atoms with Crippen LogP contribution in [-0.4, -0.2) is 182 Å². The molecule has 5 saturated heterocycles. The summed E-state index contributed by atoms with van der Waals surface area (Å²) in [5.74, 6) is 1.46. The topological polar surface area (TPSA) is 273 Å². The number of carbonyl (C=O) groups is 1. The number of Topliss-reactive ketones (excluding diaryl/α,β-unsaturated/α-hetero) is 1. The molecule has 4 saturated carbocycles. The number of ketones is 1. The molecule has 18 heteroatoms. The Morgan fingerprint density at radius 1 is 0.694 bits per heavy atom. The number of hydrogen-bond donors (Lipinski definition) is 9. The molecule has 0 bridgehead atoms. The summed E-state index contributed by atoms with van der Waals surface area (Å²) in [4.78, 5) is 14.7. The lowest BCUT2D eigenvalue weighted by Crippen LogP contribution is -2.67. The highest BCUT2D eigenvalue weighted by Crippen LogP contribution is 2.70. The van der Waals surface area contributed by atoms with Gasteiger partial charge in [0.15, 0.2) is 24.7 Å². The van der Waals surface area contributed by atoms with E-state index in [-0.39, 0.29) is 41.1 Å². The summed E-state index contributed by atoms with van der Waals surface area (Å²) in [5.41, 5.74) is -0.620. The molecule has 0 radical (unpaired) electrons. The lowest BCUT2D eigenvalue weighted by molar-refractivity contribution is -0.392. The highest BCUT2D eigenvalue weighted by molar-refractivity contribution is 5.87. The Morgan fingerprint density at radius 3 is 2.10 bits per heavy atom. The van der Waals surface area contributed by atoms with Crippen molar-refractivity contribution >= 4 is 5.78 Å². The van der Waals surface area contributed by atoms with Crippen LogP contribution in [-0.2, 0) is 42.7 Å². The highest BCUT2D eigenvalue weighted by atomic mass is 16.8. The van der Waals surface area contributed by atoms with Gasteiger partial charge < -0.3 is 83.9 Å². The maximum atomic E-state index is 14.7. The number of aliphatic hydroxyl groups is 9. The van der Waals surface area contributed by atoms with Crippen molar-refractivity contribution in [1.29, 1.82) is 0 Å². The normalized spacial score (nSPS) is 57.8. The van der Waals surface area contributed by atoms with Crippen LogP contribution < -0.4 is 0 Å². The van der Waals surface area contributed by atoms with Gasteiger partial charge in [-0.1, -0.05) is 27.7 Å². The zero-order chi connectivity index (χ0) is 44.2. The summed E-state index contributed by atoms with van der Waals surface area (Å²) >= 11 is 0. The molecule has 5 heterocycles. The summed E-state index contributed by atoms with van der Waals surface area (Å²) < 4.78 is 49.7. The molecule has 0 aromatic carbocycles. The third-order valence-electron chi connectivity index (χ3n) is 17.8. The summed E-state index contributed by atoms with van der Waals surface area (Å²) in [6.07, 6.45) is -15.5. The van der Waals surface area contributed by atoms with Gasteiger partial charge in [0.05, 0.1) is 38.6 Å². The first-order valence-corrected chi connectivity index (χ1v) is 23.2. The van der Waals surface area contributed by atoms with E-state index in [2.05, 4.69) is 27.7 Å². The van der Waals surface area contributed by atoms with Crippen LogP contribution in [0, 0.1) is 52.3 Å². The van der Waals surface area contributed by atoms with E-state index in [9.17, 15) is 50.8 Å². The number of fused-ring (bicyclic) bond motifs is 7. The van der Waals surface area contributed by atoms with Gasteiger partial charge in [-0.05, 0) is 80.0 Å². The summed E-state index contributed by atoms with van der Waals surface area (Å²) in [7, 11) is 0. The van der Waals surface area contributed by atoms with Crippen molar-refractivity contribution in [2.24, 2.45) is 52.3 Å². The second-order valence-corrected chi connectivity index (χ2v) is 20.9. The third-order valence-corrected chi connectivity index (χ3v) is 17.8. The molecule has 26 atom stereocenters. The van der Waals surface area contributed by atoms with Crippen LogP contribution in [0.4, 0.5) is 0 Å². The summed E-state index contributed by atoms with van der Waals surface area (Å²) in [5, 5.41) is 95.1. The first-order valence-electron chi connectivity index (χ1n) is 23.2. The minimum Gasteiger partial charge on any atom is -0.394 e. The Bertz CT molecular complexity index is 1600. The maximum Gasteiger partial charge on any atom is 0.187 e. The predicted octanol–water partition coefficient (Wildman–Crippen LogP) is -0.915. The van der Waals surface area contributed by atoms with Gasteiger partial charge in [0.25, 0.3) is 0 Å².